The molecule has 0 saturated carbocycles. The molecule has 0 fully saturated rings. The van der Waals surface area contributed by atoms with E-state index in [0.29, 0.717) is 18.9 Å². The average molecular weight is 342 g/mol. The van der Waals surface area contributed by atoms with Gasteiger partial charge in [-0.05, 0) is 12.8 Å². The Bertz CT molecular complexity index is 209. The van der Waals surface area contributed by atoms with Crippen molar-refractivity contribution in [1.82, 2.24) is 10.6 Å². The SMILES string of the molecule is CCCN=C(N)NCCC(=O)NCCC.I. The summed E-state index contributed by atoms with van der Waals surface area (Å²) in [4.78, 5) is 15.2. The molecule has 0 spiro atoms. The van der Waals surface area contributed by atoms with Gasteiger partial charge in [0.1, 0.15) is 0 Å². The predicted molar refractivity (Wildman–Crippen MR) is 78.1 cm³/mol. The molecule has 0 aliphatic carbocycles. The fraction of sp³-hybridized carbons (Fsp3) is 0.800. The molecule has 0 unspecified atom stereocenters. The molecular formula is C10H23IN4O. The van der Waals surface area contributed by atoms with Gasteiger partial charge in [0.05, 0.1) is 0 Å². The van der Waals surface area contributed by atoms with Crippen molar-refractivity contribution in [1.29, 1.82) is 0 Å². The number of hydrogen-bond acceptors (Lipinski definition) is 2. The number of carbonyl (C=O) groups is 1. The van der Waals surface area contributed by atoms with Crippen LogP contribution in [0.2, 0.25) is 0 Å². The first-order valence-electron chi connectivity index (χ1n) is 5.51. The molecule has 0 aliphatic heterocycles. The van der Waals surface area contributed by atoms with E-state index in [0.717, 1.165) is 25.9 Å². The highest BCUT2D eigenvalue weighted by Gasteiger charge is 1.99. The summed E-state index contributed by atoms with van der Waals surface area (Å²) in [6.45, 7) is 6.05. The maximum Gasteiger partial charge on any atom is 0.221 e. The van der Waals surface area contributed by atoms with Crippen LogP contribution >= 0.6 is 24.0 Å². The van der Waals surface area contributed by atoms with Crippen LogP contribution < -0.4 is 16.4 Å². The van der Waals surface area contributed by atoms with Crippen molar-refractivity contribution in [3.05, 3.63) is 0 Å². The lowest BCUT2D eigenvalue weighted by Gasteiger charge is -2.05. The molecule has 6 heteroatoms. The molecule has 0 saturated heterocycles. The highest BCUT2D eigenvalue weighted by atomic mass is 127. The van der Waals surface area contributed by atoms with Gasteiger partial charge >= 0.3 is 0 Å². The molecule has 0 radical (unpaired) electrons. The molecule has 0 bridgehead atoms. The van der Waals surface area contributed by atoms with Crippen LogP contribution in [0.5, 0.6) is 0 Å². The summed E-state index contributed by atoms with van der Waals surface area (Å²) in [7, 11) is 0. The number of nitrogens with zero attached hydrogens (tertiary/aromatic N) is 1. The van der Waals surface area contributed by atoms with E-state index in [-0.39, 0.29) is 29.9 Å². The molecule has 5 nitrogen and oxygen atoms in total. The van der Waals surface area contributed by atoms with Crippen molar-refractivity contribution in [2.75, 3.05) is 19.6 Å². The second-order valence-electron chi connectivity index (χ2n) is 3.29. The van der Waals surface area contributed by atoms with Crippen LogP contribution in [0.3, 0.4) is 0 Å². The van der Waals surface area contributed by atoms with Gasteiger partial charge in [0.2, 0.25) is 5.91 Å². The quantitative estimate of drug-likeness (QED) is 0.364. The molecule has 96 valence electrons. The number of rotatable bonds is 7. The van der Waals surface area contributed by atoms with E-state index in [9.17, 15) is 4.79 Å². The molecule has 1 amide bonds. The van der Waals surface area contributed by atoms with E-state index in [1.807, 2.05) is 13.8 Å². The lowest BCUT2D eigenvalue weighted by atomic mass is 10.4. The van der Waals surface area contributed by atoms with Crippen molar-refractivity contribution < 1.29 is 4.79 Å². The summed E-state index contributed by atoms with van der Waals surface area (Å²) in [5, 5.41) is 5.68. The van der Waals surface area contributed by atoms with Crippen molar-refractivity contribution in [2.24, 2.45) is 10.7 Å². The second kappa shape index (κ2) is 12.5. The summed E-state index contributed by atoms with van der Waals surface area (Å²) in [6, 6.07) is 0. The molecule has 0 aromatic heterocycles. The van der Waals surface area contributed by atoms with Crippen LogP contribution in [-0.2, 0) is 4.79 Å². The van der Waals surface area contributed by atoms with Gasteiger partial charge in [-0.2, -0.15) is 0 Å². The zero-order valence-electron chi connectivity index (χ0n) is 10.1. The number of halogens is 1. The van der Waals surface area contributed by atoms with E-state index in [1.54, 1.807) is 0 Å². The lowest BCUT2D eigenvalue weighted by Crippen LogP contribution is -2.35. The van der Waals surface area contributed by atoms with Crippen LogP contribution in [0.1, 0.15) is 33.1 Å². The lowest BCUT2D eigenvalue weighted by molar-refractivity contribution is -0.120. The van der Waals surface area contributed by atoms with E-state index >= 15 is 0 Å². The smallest absolute Gasteiger partial charge is 0.221 e. The second-order valence-corrected chi connectivity index (χ2v) is 3.29. The molecule has 4 N–H and O–H groups in total. The van der Waals surface area contributed by atoms with E-state index in [2.05, 4.69) is 15.6 Å². The number of carbonyl (C=O) groups excluding carboxylic acids is 1. The third-order valence-corrected chi connectivity index (χ3v) is 1.74. The molecule has 0 aliphatic rings. The summed E-state index contributed by atoms with van der Waals surface area (Å²) < 4.78 is 0. The fourth-order valence-corrected chi connectivity index (χ4v) is 0.945. The summed E-state index contributed by atoms with van der Waals surface area (Å²) in [5.74, 6) is 0.466. The predicted octanol–water partition coefficient (Wildman–Crippen LogP) is 0.835. The first-order chi connectivity index (χ1) is 7.20. The van der Waals surface area contributed by atoms with Gasteiger partial charge in [-0.1, -0.05) is 13.8 Å². The maximum atomic E-state index is 11.2. The Kier molecular flexibility index (Phi) is 14.0. The number of nitrogens with one attached hydrogen (secondary N) is 2. The van der Waals surface area contributed by atoms with Crippen LogP contribution in [-0.4, -0.2) is 31.5 Å². The van der Waals surface area contributed by atoms with Crippen LogP contribution in [0, 0.1) is 0 Å². The average Bonchev–Trinajstić information content (AvgIpc) is 2.23. The van der Waals surface area contributed by atoms with E-state index < -0.39 is 0 Å². The Morgan fingerprint density at radius 2 is 1.88 bits per heavy atom. The van der Waals surface area contributed by atoms with Crippen molar-refractivity contribution in [3.8, 4) is 0 Å². The van der Waals surface area contributed by atoms with Gasteiger partial charge in [0.15, 0.2) is 5.96 Å². The minimum atomic E-state index is 0. The largest absolute Gasteiger partial charge is 0.370 e. The van der Waals surface area contributed by atoms with Crippen LogP contribution in [0.25, 0.3) is 0 Å². The first kappa shape index (κ1) is 17.9. The Labute approximate surface area is 115 Å². The zero-order chi connectivity index (χ0) is 11.5. The Morgan fingerprint density at radius 3 is 2.44 bits per heavy atom. The van der Waals surface area contributed by atoms with Gasteiger partial charge in [-0.15, -0.1) is 24.0 Å². The van der Waals surface area contributed by atoms with E-state index in [1.165, 1.54) is 0 Å². The fourth-order valence-electron chi connectivity index (χ4n) is 0.945. The first-order valence-corrected chi connectivity index (χ1v) is 5.51. The zero-order valence-corrected chi connectivity index (χ0v) is 12.4. The Morgan fingerprint density at radius 1 is 1.19 bits per heavy atom. The maximum absolute atomic E-state index is 11.2. The highest BCUT2D eigenvalue weighted by molar-refractivity contribution is 14.0. The van der Waals surface area contributed by atoms with Crippen molar-refractivity contribution in [2.45, 2.75) is 33.1 Å². The third-order valence-electron chi connectivity index (χ3n) is 1.74. The summed E-state index contributed by atoms with van der Waals surface area (Å²) >= 11 is 0. The molecule has 0 rings (SSSR count). The normalized spacial score (nSPS) is 10.5. The molecule has 0 atom stereocenters. The molecular weight excluding hydrogens is 319 g/mol. The summed E-state index contributed by atoms with van der Waals surface area (Å²) in [6.07, 6.45) is 2.36. The van der Waals surface area contributed by atoms with Gasteiger partial charge in [0, 0.05) is 26.1 Å². The van der Waals surface area contributed by atoms with Crippen LogP contribution in [0.15, 0.2) is 4.99 Å². The molecule has 0 aromatic carbocycles. The topological polar surface area (TPSA) is 79.5 Å². The number of hydrogen-bond donors (Lipinski definition) is 3. The van der Waals surface area contributed by atoms with Crippen molar-refractivity contribution >= 4 is 35.8 Å². The number of aliphatic imine (C=N–C) groups is 1. The van der Waals surface area contributed by atoms with Crippen molar-refractivity contribution in [3.63, 3.8) is 0 Å². The van der Waals surface area contributed by atoms with Crippen LogP contribution in [0.4, 0.5) is 0 Å². The molecule has 16 heavy (non-hydrogen) atoms. The Hall–Kier alpha value is -0.530. The molecule has 0 heterocycles. The van der Waals surface area contributed by atoms with E-state index in [4.69, 9.17) is 5.73 Å². The van der Waals surface area contributed by atoms with Gasteiger partial charge < -0.3 is 16.4 Å². The molecule has 0 aromatic rings. The van der Waals surface area contributed by atoms with Gasteiger partial charge in [-0.3, -0.25) is 9.79 Å². The number of nitrogens with two attached hydrogens (primary N) is 1. The minimum absolute atomic E-state index is 0. The van der Waals surface area contributed by atoms with Gasteiger partial charge in [0.25, 0.3) is 0 Å². The minimum Gasteiger partial charge on any atom is -0.370 e. The third kappa shape index (κ3) is 11.5. The Balaban J connectivity index is 0. The standard InChI is InChI=1S/C10H22N4O.HI/c1-3-6-12-9(15)5-8-14-10(11)13-7-4-2;/h3-8H2,1-2H3,(H,12,15)(H3,11,13,14);1H. The number of guanidine groups is 1. The summed E-state index contributed by atoms with van der Waals surface area (Å²) in [5.41, 5.74) is 5.55. The van der Waals surface area contributed by atoms with Gasteiger partial charge in [-0.25, -0.2) is 0 Å². The highest BCUT2D eigenvalue weighted by Crippen LogP contribution is 1.80. The number of amides is 1. The monoisotopic (exact) mass is 342 g/mol.